The topological polar surface area (TPSA) is 58.6 Å². The molecule has 2 aliphatic rings. The number of ether oxygens (including phenoxy) is 1. The molecular formula is C16H30N2O3S. The van der Waals surface area contributed by atoms with Gasteiger partial charge in [0, 0.05) is 47.0 Å². The van der Waals surface area contributed by atoms with Crippen LogP contribution in [-0.2, 0) is 15.5 Å². The molecule has 2 saturated heterocycles. The molecule has 0 aromatic heterocycles. The molecule has 2 heterocycles. The minimum Gasteiger partial charge on any atom is -0.444 e. The maximum atomic E-state index is 12.3. The van der Waals surface area contributed by atoms with Crippen LogP contribution in [0.15, 0.2) is 0 Å². The number of amides is 1. The molecule has 6 heteroatoms. The predicted octanol–water partition coefficient (Wildman–Crippen LogP) is 2.28. The molecule has 2 atom stereocenters. The lowest BCUT2D eigenvalue weighted by Crippen LogP contribution is -2.57. The molecule has 0 aromatic carbocycles. The van der Waals surface area contributed by atoms with Gasteiger partial charge >= 0.3 is 6.09 Å². The lowest BCUT2D eigenvalue weighted by Gasteiger charge is -2.42. The van der Waals surface area contributed by atoms with E-state index in [1.165, 1.54) is 0 Å². The molecule has 1 amide bonds. The van der Waals surface area contributed by atoms with Gasteiger partial charge in [-0.15, -0.1) is 0 Å². The van der Waals surface area contributed by atoms with E-state index >= 15 is 0 Å². The molecule has 2 rings (SSSR count). The lowest BCUT2D eigenvalue weighted by atomic mass is 9.96. The fourth-order valence-corrected chi connectivity index (χ4v) is 4.51. The van der Waals surface area contributed by atoms with E-state index in [4.69, 9.17) is 4.74 Å². The second-order valence-electron chi connectivity index (χ2n) is 7.45. The number of likely N-dealkylation sites (tertiary alicyclic amines) is 1. The van der Waals surface area contributed by atoms with Gasteiger partial charge in [-0.2, -0.15) is 0 Å². The summed E-state index contributed by atoms with van der Waals surface area (Å²) in [6.45, 7) is 8.57. The van der Waals surface area contributed by atoms with Crippen molar-refractivity contribution in [1.29, 1.82) is 0 Å². The summed E-state index contributed by atoms with van der Waals surface area (Å²) in [5.41, 5.74) is -0.454. The second kappa shape index (κ2) is 7.30. The average Bonchev–Trinajstić information content (AvgIpc) is 2.41. The Hall–Kier alpha value is -0.620. The normalized spacial score (nSPS) is 33.5. The Kier molecular flexibility index (Phi) is 5.88. The number of hydrogen-bond donors (Lipinski definition) is 1. The van der Waals surface area contributed by atoms with Crippen molar-refractivity contribution in [2.45, 2.75) is 77.1 Å². The molecule has 2 fully saturated rings. The maximum Gasteiger partial charge on any atom is 0.410 e. The van der Waals surface area contributed by atoms with Crippen LogP contribution < -0.4 is 5.32 Å². The van der Waals surface area contributed by atoms with E-state index in [0.717, 1.165) is 43.7 Å². The third-order valence-corrected chi connectivity index (χ3v) is 5.84. The van der Waals surface area contributed by atoms with Crippen LogP contribution in [0.4, 0.5) is 4.79 Å². The maximum absolute atomic E-state index is 12.3. The molecule has 0 bridgehead atoms. The minimum atomic E-state index is -0.626. The molecule has 0 saturated carbocycles. The van der Waals surface area contributed by atoms with Gasteiger partial charge in [0.2, 0.25) is 0 Å². The van der Waals surface area contributed by atoms with Crippen LogP contribution in [-0.4, -0.2) is 57.0 Å². The van der Waals surface area contributed by atoms with Crippen molar-refractivity contribution in [3.8, 4) is 0 Å². The Morgan fingerprint density at radius 3 is 2.45 bits per heavy atom. The zero-order chi connectivity index (χ0) is 16.3. The highest BCUT2D eigenvalue weighted by atomic mass is 32.2. The van der Waals surface area contributed by atoms with Gasteiger partial charge in [0.25, 0.3) is 0 Å². The van der Waals surface area contributed by atoms with Gasteiger partial charge in [-0.05, 0) is 53.4 Å². The molecule has 0 radical (unpaired) electrons. The van der Waals surface area contributed by atoms with E-state index in [2.05, 4.69) is 12.2 Å². The van der Waals surface area contributed by atoms with Crippen LogP contribution in [0.25, 0.3) is 0 Å². The second-order valence-corrected chi connectivity index (χ2v) is 9.15. The van der Waals surface area contributed by atoms with Gasteiger partial charge in [-0.1, -0.05) is 0 Å². The summed E-state index contributed by atoms with van der Waals surface area (Å²) in [5.74, 6) is 1.60. The first-order valence-corrected chi connectivity index (χ1v) is 9.86. The summed E-state index contributed by atoms with van der Waals surface area (Å²) in [5, 5.41) is 3.69. The standard InChI is InChI=1S/C16H30N2O3S/c1-12-14(17-13-7-10-22(20)11-8-13)6-5-9-18(12)15(19)21-16(2,3)4/h12-14,17H,5-11H2,1-4H3. The van der Waals surface area contributed by atoms with Crippen LogP contribution in [0.3, 0.4) is 0 Å². The molecule has 5 nitrogen and oxygen atoms in total. The van der Waals surface area contributed by atoms with E-state index in [-0.39, 0.29) is 12.1 Å². The number of carbonyl (C=O) groups excluding carboxylic acids is 1. The predicted molar refractivity (Wildman–Crippen MR) is 89.5 cm³/mol. The first kappa shape index (κ1) is 17.7. The lowest BCUT2D eigenvalue weighted by molar-refractivity contribution is 0.00624. The highest BCUT2D eigenvalue weighted by molar-refractivity contribution is 7.85. The smallest absolute Gasteiger partial charge is 0.410 e. The Labute approximate surface area is 136 Å². The van der Waals surface area contributed by atoms with Gasteiger partial charge < -0.3 is 15.0 Å². The van der Waals surface area contributed by atoms with Crippen molar-refractivity contribution < 1.29 is 13.7 Å². The average molecular weight is 330 g/mol. The van der Waals surface area contributed by atoms with E-state index in [1.54, 1.807) is 0 Å². The number of nitrogens with one attached hydrogen (secondary N) is 1. The van der Waals surface area contributed by atoms with Crippen molar-refractivity contribution in [3.05, 3.63) is 0 Å². The van der Waals surface area contributed by atoms with Crippen LogP contribution in [0, 0.1) is 0 Å². The molecule has 2 aliphatic heterocycles. The molecule has 0 spiro atoms. The largest absolute Gasteiger partial charge is 0.444 e. The molecular weight excluding hydrogens is 300 g/mol. The van der Waals surface area contributed by atoms with E-state index in [0.29, 0.717) is 12.1 Å². The number of nitrogens with zero attached hydrogens (tertiary/aromatic N) is 1. The first-order valence-electron chi connectivity index (χ1n) is 8.37. The molecule has 0 aliphatic carbocycles. The van der Waals surface area contributed by atoms with E-state index in [1.807, 2.05) is 25.7 Å². The van der Waals surface area contributed by atoms with Gasteiger partial charge in [0.1, 0.15) is 5.60 Å². The minimum absolute atomic E-state index is 0.135. The zero-order valence-electron chi connectivity index (χ0n) is 14.3. The molecule has 1 N–H and O–H groups in total. The highest BCUT2D eigenvalue weighted by Crippen LogP contribution is 2.22. The van der Waals surface area contributed by atoms with Crippen LogP contribution >= 0.6 is 0 Å². The Balaban J connectivity index is 1.90. The van der Waals surface area contributed by atoms with Crippen molar-refractivity contribution in [1.82, 2.24) is 10.2 Å². The summed E-state index contributed by atoms with van der Waals surface area (Å²) in [6, 6.07) is 0.873. The van der Waals surface area contributed by atoms with Crippen molar-refractivity contribution >= 4 is 16.9 Å². The Morgan fingerprint density at radius 1 is 1.23 bits per heavy atom. The molecule has 128 valence electrons. The van der Waals surface area contributed by atoms with Gasteiger partial charge in [0.15, 0.2) is 0 Å². The Bertz CT molecular complexity index is 412. The summed E-state index contributed by atoms with van der Waals surface area (Å²) in [7, 11) is -0.626. The first-order chi connectivity index (χ1) is 10.3. The highest BCUT2D eigenvalue weighted by Gasteiger charge is 2.35. The Morgan fingerprint density at radius 2 is 1.86 bits per heavy atom. The third kappa shape index (κ3) is 4.95. The molecule has 0 aromatic rings. The fourth-order valence-electron chi connectivity index (χ4n) is 3.21. The summed E-state index contributed by atoms with van der Waals surface area (Å²) in [6.07, 6.45) is 3.82. The van der Waals surface area contributed by atoms with Crippen molar-refractivity contribution in [2.75, 3.05) is 18.1 Å². The number of rotatable bonds is 2. The summed E-state index contributed by atoms with van der Waals surface area (Å²) < 4.78 is 17.0. The van der Waals surface area contributed by atoms with Crippen LogP contribution in [0.5, 0.6) is 0 Å². The molecule has 22 heavy (non-hydrogen) atoms. The summed E-state index contributed by atoms with van der Waals surface area (Å²) >= 11 is 0. The fraction of sp³-hybridized carbons (Fsp3) is 0.938. The van der Waals surface area contributed by atoms with Gasteiger partial charge in [-0.25, -0.2) is 4.79 Å². The summed E-state index contributed by atoms with van der Waals surface area (Å²) in [4.78, 5) is 14.2. The molecule has 2 unspecified atom stereocenters. The van der Waals surface area contributed by atoms with E-state index in [9.17, 15) is 9.00 Å². The van der Waals surface area contributed by atoms with Crippen LogP contribution in [0.2, 0.25) is 0 Å². The quantitative estimate of drug-likeness (QED) is 0.844. The SMILES string of the molecule is CC1C(NC2CCS(=O)CC2)CCCN1C(=O)OC(C)(C)C. The van der Waals surface area contributed by atoms with Gasteiger partial charge in [0.05, 0.1) is 0 Å². The zero-order valence-corrected chi connectivity index (χ0v) is 15.1. The van der Waals surface area contributed by atoms with E-state index < -0.39 is 16.4 Å². The number of hydrogen-bond acceptors (Lipinski definition) is 4. The third-order valence-electron chi connectivity index (χ3n) is 4.45. The number of piperidine rings is 1. The van der Waals surface area contributed by atoms with Crippen molar-refractivity contribution in [3.63, 3.8) is 0 Å². The monoisotopic (exact) mass is 330 g/mol. The van der Waals surface area contributed by atoms with Crippen LogP contribution in [0.1, 0.15) is 53.4 Å². The van der Waals surface area contributed by atoms with Gasteiger partial charge in [-0.3, -0.25) is 4.21 Å². The number of carbonyl (C=O) groups is 1. The van der Waals surface area contributed by atoms with Crippen molar-refractivity contribution in [2.24, 2.45) is 0 Å².